The fourth-order valence-electron chi connectivity index (χ4n) is 12.1. The molecule has 0 bridgehead atoms. The van der Waals surface area contributed by atoms with E-state index in [-0.39, 0.29) is 204 Å². The molecule has 37 nitrogen and oxygen atoms in total. The number of nitrogens with one attached hydrogen (secondary N) is 1. The number of benzene rings is 10. The Morgan fingerprint density at radius 3 is 1.40 bits per heavy atom. The average molecular weight is 2250 g/mol. The number of aldehydes is 2. The number of hydrogen-bond donors (Lipinski definition) is 5. The summed E-state index contributed by atoms with van der Waals surface area (Å²) in [6, 6.07) is 45.5. The first kappa shape index (κ1) is 85.2. The molecule has 146 heavy (non-hydrogen) atoms. The summed E-state index contributed by atoms with van der Waals surface area (Å²) in [4.78, 5) is 55.5. The molecule has 10 aromatic carbocycles. The molecule has 0 spiro atoms. The Bertz CT molecular complexity index is 7400. The van der Waals surface area contributed by atoms with E-state index in [9.17, 15) is 19.7 Å². The summed E-state index contributed by atoms with van der Waals surface area (Å²) < 4.78 is 368. The van der Waals surface area contributed by atoms with Crippen molar-refractivity contribution in [2.45, 2.75) is 74.4 Å². The number of carbonyl (C=O) groups is 3. The molecular formula is C102H131AlBClILiN7NaO30V-. The van der Waals surface area contributed by atoms with E-state index in [0.29, 0.717) is 137 Å². The molecule has 1 aromatic heterocycles. The minimum atomic E-state index is -2.81. The van der Waals surface area contributed by atoms with Gasteiger partial charge in [-0.2, -0.15) is 4.57 Å². The maximum Gasteiger partial charge on any atom is 1.00 e. The Labute approximate surface area is 984 Å². The van der Waals surface area contributed by atoms with Gasteiger partial charge in [0.1, 0.15) is 22.7 Å². The van der Waals surface area contributed by atoms with Gasteiger partial charge in [0.2, 0.25) is 52.4 Å². The van der Waals surface area contributed by atoms with Crippen LogP contribution < -0.4 is 177 Å². The molecule has 0 amide bonds. The van der Waals surface area contributed by atoms with E-state index in [2.05, 4.69) is 24.7 Å². The summed E-state index contributed by atoms with van der Waals surface area (Å²) in [6.07, 6.45) is 8.59. The number of pyridine rings is 1. The monoisotopic (exact) mass is 2250 g/mol. The Kier molecular flexibility index (Phi) is 44.8. The van der Waals surface area contributed by atoms with E-state index in [1.165, 1.54) is 91.2 Å². The Morgan fingerprint density at radius 2 is 0.945 bits per heavy atom. The van der Waals surface area contributed by atoms with Gasteiger partial charge in [-0.3, -0.25) is 44.5 Å². The van der Waals surface area contributed by atoms with Crippen molar-refractivity contribution >= 4 is 90.0 Å². The van der Waals surface area contributed by atoms with Gasteiger partial charge < -0.3 is 165 Å². The third-order valence-corrected chi connectivity index (χ3v) is 18.0. The van der Waals surface area contributed by atoms with Crippen molar-refractivity contribution in [1.29, 1.82) is 0 Å². The van der Waals surface area contributed by atoms with Crippen LogP contribution in [0.15, 0.2) is 193 Å². The topological polar surface area (TPSA) is 461 Å². The first-order valence-corrected chi connectivity index (χ1v) is 41.3. The number of carbonyl (C=O) groups excluding carboxylic acids is 2. The second-order valence-corrected chi connectivity index (χ2v) is 26.7. The molecule has 0 unspecified atom stereocenters. The van der Waals surface area contributed by atoms with Crippen LogP contribution in [-0.4, -0.2) is 214 Å². The minimum Gasteiger partial charge on any atom is -1.00 e. The number of carboxylic acid groups (broad SMARTS) is 1. The quantitative estimate of drug-likeness (QED) is 0.00433. The molecule has 18 rings (SSSR count). The number of aliphatic hydroxyl groups is 1. The number of para-hydroxylation sites is 3. The van der Waals surface area contributed by atoms with Crippen molar-refractivity contribution in [3.05, 3.63) is 264 Å². The molecule has 8 heterocycles. The maximum atomic E-state index is 10.8. The first-order valence-electron chi connectivity index (χ1n) is 57.8. The zero-order valence-electron chi connectivity index (χ0n) is 115. The van der Waals surface area contributed by atoms with Gasteiger partial charge in [-0.15, -0.1) is 0 Å². The summed E-state index contributed by atoms with van der Waals surface area (Å²) in [7, 11) is -20.4. The van der Waals surface area contributed by atoms with Crippen molar-refractivity contribution in [2.75, 3.05) is 144 Å². The van der Waals surface area contributed by atoms with E-state index >= 15 is 0 Å². The van der Waals surface area contributed by atoms with Crippen LogP contribution in [0.2, 0.25) is 0 Å². The molecule has 0 fully saturated rings. The number of methoxy groups -OCH3 is 8. The maximum absolute atomic E-state index is 10.8. The van der Waals surface area contributed by atoms with Crippen molar-refractivity contribution in [1.82, 2.24) is 11.5 Å². The van der Waals surface area contributed by atoms with Crippen LogP contribution in [0.5, 0.6) is 115 Å². The van der Waals surface area contributed by atoms with Crippen LogP contribution >= 0.6 is 22.6 Å². The number of nitro groups is 2. The normalized spacial score (nSPS) is 17.6. The van der Waals surface area contributed by atoms with Crippen molar-refractivity contribution in [2.24, 2.45) is 10.7 Å². The molecule has 782 valence electrons. The molecule has 0 aliphatic carbocycles. The number of aliphatic hydroxyl groups excluding tert-OH is 1. The van der Waals surface area contributed by atoms with E-state index in [4.69, 9.17) is 170 Å². The van der Waals surface area contributed by atoms with Crippen LogP contribution in [0.25, 0.3) is 28.1 Å². The zero-order valence-corrected chi connectivity index (χ0v) is 83.7. The first-order chi connectivity index (χ1) is 80.1. The van der Waals surface area contributed by atoms with Gasteiger partial charge in [0.25, 0.3) is 5.97 Å². The van der Waals surface area contributed by atoms with E-state index in [1.807, 2.05) is 53.1 Å². The van der Waals surface area contributed by atoms with Gasteiger partial charge in [-0.05, 0) is 201 Å². The number of ether oxygens (including phenoxy) is 21. The summed E-state index contributed by atoms with van der Waals surface area (Å²) in [5, 5.41) is 37.5. The van der Waals surface area contributed by atoms with Crippen molar-refractivity contribution in [3.63, 3.8) is 0 Å². The third kappa shape index (κ3) is 43.3. The minimum absolute atomic E-state index is 0. The van der Waals surface area contributed by atoms with Crippen molar-refractivity contribution in [3.8, 4) is 126 Å². The molecule has 44 heteroatoms. The van der Waals surface area contributed by atoms with E-state index < -0.39 is 118 Å². The van der Waals surface area contributed by atoms with Gasteiger partial charge in [0.05, 0.1) is 111 Å². The largest absolute Gasteiger partial charge is 1.00 e. The number of aromatic nitrogens is 1. The van der Waals surface area contributed by atoms with E-state index in [0.717, 1.165) is 80.4 Å². The summed E-state index contributed by atoms with van der Waals surface area (Å²) in [6.45, 7) is -4.08. The van der Waals surface area contributed by atoms with Crippen LogP contribution in [0.1, 0.15) is 147 Å². The predicted molar refractivity (Wildman–Crippen MR) is 557 cm³/mol. The number of hydrogen-bond acceptors (Lipinski definition) is 33. The van der Waals surface area contributed by atoms with Gasteiger partial charge in [-0.25, -0.2) is 0 Å². The molecule has 4 radical (unpaired) electrons. The second kappa shape index (κ2) is 76.7. The van der Waals surface area contributed by atoms with Gasteiger partial charge in [0, 0.05) is 114 Å². The van der Waals surface area contributed by atoms with Gasteiger partial charge in [-0.1, -0.05) is 63.4 Å². The fraction of sp³-hybridized carbons (Fsp3) is 0.314. The van der Waals surface area contributed by atoms with E-state index in [1.54, 1.807) is 91.1 Å². The molecule has 7 aliphatic rings. The number of carboxylic acids is 1. The Balaban J connectivity index is -0.000000670. The molecule has 0 saturated carbocycles. The fourth-order valence-corrected chi connectivity index (χ4v) is 12.1. The van der Waals surface area contributed by atoms with Gasteiger partial charge in [0.15, 0.2) is 158 Å². The zero-order chi connectivity index (χ0) is 130. The van der Waals surface area contributed by atoms with Crippen LogP contribution in [0.3, 0.4) is 0 Å². The number of nitrogens with zero attached hydrogens (tertiary/aromatic N) is 4. The number of nitrogens with two attached hydrogens (primary N) is 1. The summed E-state index contributed by atoms with van der Waals surface area (Å²) in [5.41, 5.74) is 12.3. The van der Waals surface area contributed by atoms with Crippen molar-refractivity contribution < 1.29 is 270 Å². The number of aliphatic imine (C=N–C) groups is 1. The summed E-state index contributed by atoms with van der Waals surface area (Å²) >= 11 is 1.90. The Hall–Kier alpha value is -11.8. The third-order valence-electron chi connectivity index (χ3n) is 18.0. The van der Waals surface area contributed by atoms with Crippen LogP contribution in [0.4, 0.5) is 0 Å². The molecule has 8 N–H and O–H groups in total. The molecular weight excluding hydrogens is 2080 g/mol. The number of rotatable bonds is 25. The van der Waals surface area contributed by atoms with Crippen LogP contribution in [0, 0.1) is 25.2 Å². The average Bonchev–Trinajstić information content (AvgIpc) is 1.38. The number of fused-ring (bicyclic) bond motifs is 10. The Morgan fingerprint density at radius 1 is 0.555 bits per heavy atom. The molecule has 11 aromatic rings. The second-order valence-electron chi connectivity index (χ2n) is 26.7. The number of aryl methyl sites for hydroxylation is 2. The standard InChI is InChI=1S/C20H18NO4.C18H21NO4.C18H19NO4.C9H7NO4.C9H11NO2.C9H10O3.C8H6O3.C4H10O.C2H4O2.CH2I.CH3NO2.CH4O.2CH4.Al.B.ClH.Li.H3N.Na.V.5H/c1-22-17-4-3-12-7-16-14-9-19-18(24-11-25-19)8-13(14)5-6-21(16)10-15(12)20(17)23-2;2*1-20-16-5-3-4-14(18(16)21-2)11-19-9-8-13-6-7-15-17(10-13)23-12-22-15;11-10(12)4-3-7-1-2-8-9(5-7)14-6-13-8;10-4-3-7-1-2-8-9(5-7)12-6-11-8;1-11-8-5-3-4-7(6-10)9(8)12-2;9-4-6-1-2-7-8(3-6)11-5-10-7;1-3-5-4-2;1-2(3)4;1-2;1-2(3)4;1-2;;;;;;;;;;;;;;/h3-4,7-10H,5-6,11H2,1-2H3;3-7,10,19H,8-9,11-12H2,1-2H3;3-7,10-11H,8-9,12H2,1-2H3;1-5H,6H2;1-2,5H,3-4,6,10H2;3-6H,1-2H3;1-4H,5H2;3-4H2,1-2H3;1H3,(H,3,4);1H2;1H3;2H,1H3;2*1H4;;;1H;;1H3;;;;;;;/q+1;;;;;;;;;-1;;;;;;;;+1;;+1;;;;;2*-1/p-1/b;;;4-3+;;;;;;;;;;;;;;;;;;;;;;/i1D3,2D3,11D2;2*1D3,2D3,12D2;2*6D2;1D3,2D3;5D2;;;;;;;;;;;;;;;;;;;. The summed E-state index contributed by atoms with van der Waals surface area (Å²) in [5.74, 6) is 1.13. The SMILES string of the molecule is C.C.CC(=O)O.CCOCC.CO.C[N+](=O)[O-].N.[2H]C([2H])([2H])Oc1ccc2cc3[n+](cc2c1OC([2H])([2H])[2H])CCc1cc2c(cc1-3)OC([2H])([2H])O2.[2H]C([2H])([2H])Oc1cccc(C=NCCc2ccc3c(c2)OC([2H])([2H])O3)c1OC([2H])([2H])[2H].[2H]C([2H])([2H])Oc1cccc(C=O)c1OC([2H])([2H])[2H].[2H]C([2H])([2H])Oc1cccc(CNCCc2ccc3c(c2)OC([2H])([2H])O3)c1OC([2H])([2H])[2H].[2H]C1([2H])Oc2ccc(/C=C/[N+](=O)[O-])cc2O1.[2H]C1([2H])Oc2ccc(C=O)cc2O1.[2H]C1([2H])Oc2ccc(CCN)cc2O1.[AlH3].[B].[CH2-]I.[Cl-].[H-].[H-].[Li+].[Na+].[V]. The van der Waals surface area contributed by atoms with Crippen LogP contribution in [-0.2, 0) is 66.9 Å². The molecule has 0 atom stereocenters. The molecule has 7 aliphatic heterocycles. The predicted octanol–water partition coefficient (Wildman–Crippen LogP) is 7.23. The number of aliphatic carboxylic acids is 1. The molecule has 0 saturated heterocycles. The van der Waals surface area contributed by atoms with Gasteiger partial charge >= 0.3 is 48.4 Å². The smallest absolute Gasteiger partial charge is 1.00 e. The number of halogens is 2.